The van der Waals surface area contributed by atoms with Gasteiger partial charge in [-0.3, -0.25) is 0 Å². The van der Waals surface area contributed by atoms with E-state index in [1.165, 1.54) is 25.7 Å². The van der Waals surface area contributed by atoms with Crippen molar-refractivity contribution in [1.29, 1.82) is 0 Å². The predicted molar refractivity (Wildman–Crippen MR) is 56.3 cm³/mol. The second-order valence-electron chi connectivity index (χ2n) is 2.80. The number of hydrogen-bond donors (Lipinski definition) is 2. The minimum atomic E-state index is 0.471. The first-order valence-electron chi connectivity index (χ1n) is 3.62. The van der Waals surface area contributed by atoms with Crippen LogP contribution in [0.1, 0.15) is 25.7 Å². The summed E-state index contributed by atoms with van der Waals surface area (Å²) in [6.07, 6.45) is 4.99. The van der Waals surface area contributed by atoms with Crippen molar-refractivity contribution < 1.29 is 0 Å². The van der Waals surface area contributed by atoms with Crippen LogP contribution in [0.25, 0.3) is 0 Å². The highest BCUT2D eigenvalue weighted by molar-refractivity contribution is 8.11. The molecule has 0 aromatic rings. The SMILES string of the molecule is S=C(S)[C@@H]1CCCCC1S. The molecule has 0 bridgehead atoms. The lowest BCUT2D eigenvalue weighted by atomic mass is 9.90. The minimum absolute atomic E-state index is 0.471. The number of rotatable bonds is 1. The molecule has 58 valence electrons. The molecule has 1 unspecified atom stereocenters. The smallest absolute Gasteiger partial charge is 0.0489 e. The van der Waals surface area contributed by atoms with Gasteiger partial charge in [0.25, 0.3) is 0 Å². The average molecular weight is 192 g/mol. The maximum atomic E-state index is 5.01. The van der Waals surface area contributed by atoms with Crippen LogP contribution in [-0.4, -0.2) is 9.45 Å². The van der Waals surface area contributed by atoms with Gasteiger partial charge in [0.05, 0.1) is 0 Å². The van der Waals surface area contributed by atoms with Crippen LogP contribution in [0, 0.1) is 5.92 Å². The van der Waals surface area contributed by atoms with E-state index < -0.39 is 0 Å². The molecule has 0 nitrogen and oxygen atoms in total. The van der Waals surface area contributed by atoms with E-state index in [-0.39, 0.29) is 0 Å². The van der Waals surface area contributed by atoms with Crippen LogP contribution in [0.5, 0.6) is 0 Å². The summed E-state index contributed by atoms with van der Waals surface area (Å²) in [6.45, 7) is 0. The Bertz CT molecular complexity index is 133. The Morgan fingerprint density at radius 2 is 1.90 bits per heavy atom. The van der Waals surface area contributed by atoms with Crippen molar-refractivity contribution in [2.75, 3.05) is 0 Å². The van der Waals surface area contributed by atoms with E-state index in [9.17, 15) is 0 Å². The van der Waals surface area contributed by atoms with Crippen molar-refractivity contribution in [3.05, 3.63) is 0 Å². The van der Waals surface area contributed by atoms with Crippen molar-refractivity contribution in [2.45, 2.75) is 30.9 Å². The summed E-state index contributed by atoms with van der Waals surface area (Å²) < 4.78 is 0.847. The summed E-state index contributed by atoms with van der Waals surface area (Å²) in [5.41, 5.74) is 0. The molecule has 10 heavy (non-hydrogen) atoms. The summed E-state index contributed by atoms with van der Waals surface area (Å²) in [5.74, 6) is 0.482. The van der Waals surface area contributed by atoms with Crippen molar-refractivity contribution in [1.82, 2.24) is 0 Å². The van der Waals surface area contributed by atoms with Crippen molar-refractivity contribution >= 4 is 41.7 Å². The second-order valence-corrected chi connectivity index (χ2v) is 4.68. The third kappa shape index (κ3) is 2.14. The molecule has 0 aliphatic heterocycles. The van der Waals surface area contributed by atoms with Crippen LogP contribution in [0.2, 0.25) is 0 Å². The van der Waals surface area contributed by atoms with E-state index in [0.717, 1.165) is 4.20 Å². The van der Waals surface area contributed by atoms with E-state index in [4.69, 9.17) is 12.2 Å². The molecule has 1 aliphatic rings. The third-order valence-electron chi connectivity index (χ3n) is 2.05. The summed E-state index contributed by atoms with van der Waals surface area (Å²) >= 11 is 13.7. The van der Waals surface area contributed by atoms with Crippen LogP contribution in [0.3, 0.4) is 0 Å². The Morgan fingerprint density at radius 3 is 2.30 bits per heavy atom. The van der Waals surface area contributed by atoms with E-state index in [0.29, 0.717) is 11.2 Å². The van der Waals surface area contributed by atoms with E-state index in [2.05, 4.69) is 25.3 Å². The zero-order valence-corrected chi connectivity index (χ0v) is 8.39. The fourth-order valence-corrected chi connectivity index (χ4v) is 2.69. The number of hydrogen-bond acceptors (Lipinski definition) is 2. The van der Waals surface area contributed by atoms with Gasteiger partial charge in [0.1, 0.15) is 0 Å². The van der Waals surface area contributed by atoms with Crippen LogP contribution < -0.4 is 0 Å². The molecule has 0 amide bonds. The van der Waals surface area contributed by atoms with Gasteiger partial charge in [-0.15, -0.1) is 12.6 Å². The van der Waals surface area contributed by atoms with Gasteiger partial charge in [-0.05, 0) is 12.8 Å². The molecule has 0 saturated heterocycles. The van der Waals surface area contributed by atoms with Gasteiger partial charge in [-0.25, -0.2) is 0 Å². The average Bonchev–Trinajstić information content (AvgIpc) is 1.88. The molecule has 0 N–H and O–H groups in total. The van der Waals surface area contributed by atoms with Gasteiger partial charge in [-0.1, -0.05) is 25.1 Å². The molecule has 1 rings (SSSR count). The maximum absolute atomic E-state index is 5.01. The normalized spacial score (nSPS) is 33.8. The monoisotopic (exact) mass is 192 g/mol. The molecule has 0 radical (unpaired) electrons. The first-order chi connectivity index (χ1) is 4.72. The van der Waals surface area contributed by atoms with Gasteiger partial charge in [0, 0.05) is 15.4 Å². The van der Waals surface area contributed by atoms with Gasteiger partial charge in [0.2, 0.25) is 0 Å². The van der Waals surface area contributed by atoms with Crippen molar-refractivity contribution in [2.24, 2.45) is 5.92 Å². The van der Waals surface area contributed by atoms with E-state index >= 15 is 0 Å². The molecular formula is C7H12S3. The van der Waals surface area contributed by atoms with Gasteiger partial charge in [-0.2, -0.15) is 12.6 Å². The summed E-state index contributed by atoms with van der Waals surface area (Å²) in [6, 6.07) is 0. The molecule has 0 aromatic heterocycles. The second kappa shape index (κ2) is 3.98. The molecular weight excluding hydrogens is 180 g/mol. The lowest BCUT2D eigenvalue weighted by Crippen LogP contribution is -2.23. The molecule has 1 aliphatic carbocycles. The Kier molecular flexibility index (Phi) is 3.53. The molecule has 2 atom stereocenters. The Morgan fingerprint density at radius 1 is 1.30 bits per heavy atom. The van der Waals surface area contributed by atoms with Crippen LogP contribution in [0.15, 0.2) is 0 Å². The van der Waals surface area contributed by atoms with Gasteiger partial charge < -0.3 is 0 Å². The highest BCUT2D eigenvalue weighted by Crippen LogP contribution is 2.30. The first-order valence-corrected chi connectivity index (χ1v) is 5.00. The zero-order chi connectivity index (χ0) is 7.56. The van der Waals surface area contributed by atoms with Crippen molar-refractivity contribution in [3.8, 4) is 0 Å². The van der Waals surface area contributed by atoms with Crippen LogP contribution in [-0.2, 0) is 0 Å². The standard InChI is InChI=1S/C7H12S3/c8-6-4-2-1-3-5(6)7(9)10/h5-6,8H,1-4H2,(H,9,10)/t5-,6?/m1/s1. The minimum Gasteiger partial charge on any atom is -0.175 e. The van der Waals surface area contributed by atoms with Gasteiger partial charge in [0.15, 0.2) is 0 Å². The lowest BCUT2D eigenvalue weighted by molar-refractivity contribution is 0.460. The van der Waals surface area contributed by atoms with Crippen molar-refractivity contribution in [3.63, 3.8) is 0 Å². The lowest BCUT2D eigenvalue weighted by Gasteiger charge is -2.26. The van der Waals surface area contributed by atoms with Crippen LogP contribution >= 0.6 is 37.5 Å². The largest absolute Gasteiger partial charge is 0.175 e. The predicted octanol–water partition coefficient (Wildman–Crippen LogP) is 2.73. The fraction of sp³-hybridized carbons (Fsp3) is 0.857. The molecule has 0 heterocycles. The Hall–Kier alpha value is 0.790. The quantitative estimate of drug-likeness (QED) is 0.476. The highest BCUT2D eigenvalue weighted by atomic mass is 32.1. The number of thiocarbonyl (C=S) groups is 1. The summed E-state index contributed by atoms with van der Waals surface area (Å²) in [4.78, 5) is 0. The number of thiol groups is 2. The maximum Gasteiger partial charge on any atom is 0.0489 e. The molecule has 1 fully saturated rings. The first kappa shape index (κ1) is 8.88. The Labute approximate surface area is 78.6 Å². The van der Waals surface area contributed by atoms with E-state index in [1.807, 2.05) is 0 Å². The topological polar surface area (TPSA) is 0 Å². The molecule has 0 aromatic carbocycles. The molecule has 0 spiro atoms. The zero-order valence-electron chi connectivity index (χ0n) is 5.79. The molecule has 3 heteroatoms. The summed E-state index contributed by atoms with van der Waals surface area (Å²) in [5, 5.41) is 0.471. The Balaban J connectivity index is 2.47. The molecule has 1 saturated carbocycles. The fourth-order valence-electron chi connectivity index (χ4n) is 1.40. The highest BCUT2D eigenvalue weighted by Gasteiger charge is 2.23. The van der Waals surface area contributed by atoms with E-state index in [1.54, 1.807) is 0 Å². The van der Waals surface area contributed by atoms with Crippen LogP contribution in [0.4, 0.5) is 0 Å². The third-order valence-corrected chi connectivity index (χ3v) is 3.30. The van der Waals surface area contributed by atoms with Gasteiger partial charge >= 0.3 is 0 Å². The summed E-state index contributed by atoms with van der Waals surface area (Å²) in [7, 11) is 0.